The van der Waals surface area contributed by atoms with E-state index in [4.69, 9.17) is 19.2 Å². The summed E-state index contributed by atoms with van der Waals surface area (Å²) < 4.78 is 8.55. The summed E-state index contributed by atoms with van der Waals surface area (Å²) in [6.45, 7) is 0. The van der Waals surface area contributed by atoms with Gasteiger partial charge in [-0.05, 0) is 0 Å². The van der Waals surface area contributed by atoms with Crippen molar-refractivity contribution in [1.29, 1.82) is 0 Å². The Hall–Kier alpha value is 5.58. The molecule has 40 valence electrons. The summed E-state index contributed by atoms with van der Waals surface area (Å²) in [5.74, 6) is 0. The molecule has 0 heterocycles. The summed E-state index contributed by atoms with van der Waals surface area (Å²) in [6.07, 6.45) is 0. The zero-order valence-corrected chi connectivity index (χ0v) is 16.8. The van der Waals surface area contributed by atoms with Crippen molar-refractivity contribution in [3.63, 3.8) is 0 Å². The van der Waals surface area contributed by atoms with Crippen LogP contribution in [0.5, 0.6) is 0 Å². The van der Waals surface area contributed by atoms with Gasteiger partial charge >= 0.3 is 151 Å². The van der Waals surface area contributed by atoms with E-state index in [9.17, 15) is 0 Å². The smallest absolute Gasteiger partial charge is 0.822 e. The predicted octanol–water partition coefficient (Wildman–Crippen LogP) is -4.29. The standard InChI is InChI=1S/4Ca.H3O4P.H3P/c;;;;1-5(2,3)4;/h;;;;(H3,1,2,3,4);1H3/q4*+2;;/p-3. The van der Waals surface area contributed by atoms with E-state index in [1.54, 1.807) is 0 Å². The maximum atomic E-state index is 8.55. The molecule has 0 bridgehead atoms. The largest absolute Gasteiger partial charge is 2.00 e. The van der Waals surface area contributed by atoms with Crippen molar-refractivity contribution in [2.75, 3.05) is 0 Å². The quantitative estimate of drug-likeness (QED) is 0.333. The van der Waals surface area contributed by atoms with Crippen LogP contribution in [-0.4, -0.2) is 151 Å². The SMILES string of the molecule is O=P([O-])([O-])[O-].P.[Ca+2].[Ca+2].[Ca+2].[Ca+2]. The Morgan fingerprint density at radius 3 is 0.800 bits per heavy atom. The van der Waals surface area contributed by atoms with Crippen molar-refractivity contribution in [3.05, 3.63) is 0 Å². The molecule has 0 fully saturated rings. The van der Waals surface area contributed by atoms with Crippen LogP contribution in [0.4, 0.5) is 0 Å². The van der Waals surface area contributed by atoms with Crippen LogP contribution in [0.15, 0.2) is 0 Å². The fraction of sp³-hybridized carbons (Fsp3) is 0. The Labute approximate surface area is 183 Å². The average Bonchev–Trinajstić information content (AvgIpc) is 0.722. The van der Waals surface area contributed by atoms with Gasteiger partial charge in [0.15, 0.2) is 0 Å². The van der Waals surface area contributed by atoms with E-state index >= 15 is 0 Å². The molecule has 0 saturated carbocycles. The van der Waals surface area contributed by atoms with E-state index in [1.165, 1.54) is 0 Å². The van der Waals surface area contributed by atoms with Crippen LogP contribution >= 0.6 is 17.7 Å². The van der Waals surface area contributed by atoms with Gasteiger partial charge in [-0.3, -0.25) is 0 Å². The average molecular weight is 289 g/mol. The van der Waals surface area contributed by atoms with Crippen molar-refractivity contribution in [3.8, 4) is 0 Å². The maximum absolute atomic E-state index is 8.55. The molecule has 1 atom stereocenters. The fourth-order valence-corrected chi connectivity index (χ4v) is 0. The molecule has 0 aromatic carbocycles. The Kier molecular flexibility index (Phi) is 72.4. The number of hydrogen-bond donors (Lipinski definition) is 0. The second-order valence-corrected chi connectivity index (χ2v) is 1.34. The minimum Gasteiger partial charge on any atom is -0.822 e. The first-order chi connectivity index (χ1) is 2.00. The van der Waals surface area contributed by atoms with Gasteiger partial charge < -0.3 is 19.2 Å². The van der Waals surface area contributed by atoms with Gasteiger partial charge in [-0.2, -0.15) is 17.7 Å². The second kappa shape index (κ2) is 20.1. The Morgan fingerprint density at radius 1 is 0.800 bits per heavy atom. The van der Waals surface area contributed by atoms with E-state index in [0.717, 1.165) is 0 Å². The molecule has 0 saturated heterocycles. The summed E-state index contributed by atoms with van der Waals surface area (Å²) in [5, 5.41) is 0. The molecule has 0 aromatic heterocycles. The van der Waals surface area contributed by atoms with Gasteiger partial charge in [0.2, 0.25) is 0 Å². The molecule has 10 heteroatoms. The molecule has 10 heavy (non-hydrogen) atoms. The van der Waals surface area contributed by atoms with E-state index in [2.05, 4.69) is 0 Å². The third-order valence-corrected chi connectivity index (χ3v) is 0. The van der Waals surface area contributed by atoms with Crippen LogP contribution in [-0.2, 0) is 4.57 Å². The molecular weight excluding hydrogens is 286 g/mol. The normalized spacial score (nSPS) is 5.90. The van der Waals surface area contributed by atoms with Gasteiger partial charge in [-0.1, -0.05) is 0 Å². The number of hydrogen-bond acceptors (Lipinski definition) is 4. The maximum Gasteiger partial charge on any atom is 2.00 e. The molecule has 0 rings (SSSR count). The van der Waals surface area contributed by atoms with Crippen molar-refractivity contribution in [2.24, 2.45) is 0 Å². The number of rotatable bonds is 0. The molecular formula is H3Ca4O4P2+5. The third kappa shape index (κ3) is 69.0. The minimum atomic E-state index is -5.39. The summed E-state index contributed by atoms with van der Waals surface area (Å²) in [7, 11) is -5.39. The molecule has 0 amide bonds. The van der Waals surface area contributed by atoms with Gasteiger partial charge in [0.1, 0.15) is 0 Å². The first-order valence-corrected chi connectivity index (χ1v) is 2.19. The van der Waals surface area contributed by atoms with Gasteiger partial charge in [-0.15, -0.1) is 0 Å². The molecule has 0 aliphatic carbocycles. The zero-order valence-electron chi connectivity index (χ0n) is 5.62. The third-order valence-electron chi connectivity index (χ3n) is 0. The van der Waals surface area contributed by atoms with Gasteiger partial charge in [0.05, 0.1) is 0 Å². The van der Waals surface area contributed by atoms with Crippen LogP contribution in [0, 0.1) is 0 Å². The van der Waals surface area contributed by atoms with Crippen LogP contribution in [0.2, 0.25) is 0 Å². The molecule has 0 aliphatic rings. The van der Waals surface area contributed by atoms with Crippen LogP contribution in [0.3, 0.4) is 0 Å². The second-order valence-electron chi connectivity index (χ2n) is 0.447. The van der Waals surface area contributed by atoms with Gasteiger partial charge in [-0.25, -0.2) is 0 Å². The van der Waals surface area contributed by atoms with Crippen molar-refractivity contribution >= 4 is 169 Å². The van der Waals surface area contributed by atoms with Crippen molar-refractivity contribution < 1.29 is 19.2 Å². The monoisotopic (exact) mass is 289 g/mol. The van der Waals surface area contributed by atoms with Crippen LogP contribution < -0.4 is 14.7 Å². The summed E-state index contributed by atoms with van der Waals surface area (Å²) in [5.41, 5.74) is 0. The summed E-state index contributed by atoms with van der Waals surface area (Å²) >= 11 is 0. The zero-order chi connectivity index (χ0) is 4.50. The Bertz CT molecular complexity index is 61.4. The molecule has 4 nitrogen and oxygen atoms in total. The Balaban J connectivity index is -0.00000000800. The first kappa shape index (κ1) is 36.1. The summed E-state index contributed by atoms with van der Waals surface area (Å²) in [4.78, 5) is 25.6. The van der Waals surface area contributed by atoms with Crippen molar-refractivity contribution in [1.82, 2.24) is 0 Å². The van der Waals surface area contributed by atoms with E-state index < -0.39 is 7.82 Å². The fourth-order valence-electron chi connectivity index (χ4n) is 0. The van der Waals surface area contributed by atoms with Gasteiger partial charge in [0.25, 0.3) is 0 Å². The van der Waals surface area contributed by atoms with Gasteiger partial charge in [0, 0.05) is 0 Å². The first-order valence-electron chi connectivity index (χ1n) is 0.730. The van der Waals surface area contributed by atoms with E-state index in [1.807, 2.05) is 0 Å². The molecule has 0 N–H and O–H groups in total. The summed E-state index contributed by atoms with van der Waals surface area (Å²) in [6, 6.07) is 0. The number of phosphoric acid groups is 1. The predicted molar refractivity (Wildman–Crippen MR) is 41.7 cm³/mol. The van der Waals surface area contributed by atoms with E-state index in [0.29, 0.717) is 0 Å². The minimum absolute atomic E-state index is 0. The molecule has 0 aliphatic heterocycles. The topological polar surface area (TPSA) is 86.2 Å². The Morgan fingerprint density at radius 2 is 0.800 bits per heavy atom. The molecule has 0 aromatic rings. The van der Waals surface area contributed by atoms with Crippen LogP contribution in [0.1, 0.15) is 0 Å². The molecule has 0 spiro atoms. The molecule has 1 unspecified atom stereocenters. The van der Waals surface area contributed by atoms with Crippen molar-refractivity contribution in [2.45, 2.75) is 0 Å². The van der Waals surface area contributed by atoms with Crippen LogP contribution in [0.25, 0.3) is 0 Å². The van der Waals surface area contributed by atoms with E-state index in [-0.39, 0.29) is 161 Å². The molecule has 0 radical (unpaired) electrons.